The summed E-state index contributed by atoms with van der Waals surface area (Å²) in [5.41, 5.74) is 2.44. The van der Waals surface area contributed by atoms with Crippen LogP contribution >= 0.6 is 0 Å². The highest BCUT2D eigenvalue weighted by Crippen LogP contribution is 2.22. The zero-order chi connectivity index (χ0) is 16.9. The van der Waals surface area contributed by atoms with Crippen molar-refractivity contribution in [2.24, 2.45) is 5.92 Å². The van der Waals surface area contributed by atoms with Gasteiger partial charge >= 0.3 is 0 Å². The minimum absolute atomic E-state index is 0.678. The third kappa shape index (κ3) is 4.34. The molecule has 132 valence electrons. The highest BCUT2D eigenvalue weighted by Gasteiger charge is 2.21. The zero-order valence-corrected chi connectivity index (χ0v) is 14.8. The second-order valence-electron chi connectivity index (χ2n) is 7.39. The molecule has 4 heterocycles. The highest BCUT2D eigenvalue weighted by molar-refractivity contribution is 5.38. The first-order valence-corrected chi connectivity index (χ1v) is 9.55. The van der Waals surface area contributed by atoms with Crippen LogP contribution in [0.2, 0.25) is 0 Å². The van der Waals surface area contributed by atoms with Crippen LogP contribution in [-0.2, 0) is 13.0 Å². The maximum absolute atomic E-state index is 4.51. The number of nitrogens with zero attached hydrogens (tertiary/aromatic N) is 5. The van der Waals surface area contributed by atoms with Crippen molar-refractivity contribution < 1.29 is 0 Å². The van der Waals surface area contributed by atoms with Crippen molar-refractivity contribution in [1.29, 1.82) is 0 Å². The molecule has 0 aliphatic carbocycles. The van der Waals surface area contributed by atoms with Crippen LogP contribution in [0.15, 0.2) is 36.7 Å². The zero-order valence-electron chi connectivity index (χ0n) is 14.8. The summed E-state index contributed by atoms with van der Waals surface area (Å²) in [4.78, 5) is 9.12. The van der Waals surface area contributed by atoms with Gasteiger partial charge < -0.3 is 4.90 Å². The molecule has 0 saturated carbocycles. The lowest BCUT2D eigenvalue weighted by Gasteiger charge is -2.32. The maximum atomic E-state index is 4.51. The van der Waals surface area contributed by atoms with Gasteiger partial charge in [-0.15, -0.1) is 5.10 Å². The van der Waals surface area contributed by atoms with E-state index in [4.69, 9.17) is 0 Å². The summed E-state index contributed by atoms with van der Waals surface area (Å²) in [6.07, 6.45) is 9.97. The van der Waals surface area contributed by atoms with E-state index in [0.717, 1.165) is 44.1 Å². The quantitative estimate of drug-likeness (QED) is 0.839. The van der Waals surface area contributed by atoms with E-state index in [9.17, 15) is 0 Å². The summed E-state index contributed by atoms with van der Waals surface area (Å²) < 4.78 is 0. The Morgan fingerprint density at radius 1 is 1.00 bits per heavy atom. The monoisotopic (exact) mass is 337 g/mol. The van der Waals surface area contributed by atoms with E-state index < -0.39 is 0 Å². The number of rotatable bonds is 5. The molecule has 4 rings (SSSR count). The average Bonchev–Trinajstić information content (AvgIpc) is 3.18. The smallest absolute Gasteiger partial charge is 0.151 e. The van der Waals surface area contributed by atoms with Crippen LogP contribution < -0.4 is 4.90 Å². The number of hydrogen-bond donors (Lipinski definition) is 0. The Bertz CT molecular complexity index is 652. The fourth-order valence-electron chi connectivity index (χ4n) is 4.08. The molecule has 2 aliphatic heterocycles. The minimum Gasteiger partial charge on any atom is -0.355 e. The standard InChI is InChI=1S/C20H27N5/c1-2-12-25(11-1)20-8-7-19(22-23-20)13-17-6-4-10-24(15-17)16-18-5-3-9-21-14-18/h3,5,7-9,14,17H,1-2,4,6,10-13,15-16H2. The van der Waals surface area contributed by atoms with Crippen LogP contribution in [-0.4, -0.2) is 46.3 Å². The fraction of sp³-hybridized carbons (Fsp3) is 0.550. The molecule has 5 heteroatoms. The molecule has 0 aromatic carbocycles. The van der Waals surface area contributed by atoms with Crippen molar-refractivity contribution in [1.82, 2.24) is 20.1 Å². The molecule has 1 atom stereocenters. The van der Waals surface area contributed by atoms with E-state index in [1.165, 1.54) is 37.8 Å². The topological polar surface area (TPSA) is 45.2 Å². The summed E-state index contributed by atoms with van der Waals surface area (Å²) in [5.74, 6) is 1.72. The Labute approximate surface area is 150 Å². The maximum Gasteiger partial charge on any atom is 0.151 e. The molecule has 0 N–H and O–H groups in total. The van der Waals surface area contributed by atoms with Crippen molar-refractivity contribution in [3.8, 4) is 0 Å². The van der Waals surface area contributed by atoms with Crippen LogP contribution in [0, 0.1) is 5.92 Å². The summed E-state index contributed by atoms with van der Waals surface area (Å²) in [5, 5.41) is 8.97. The summed E-state index contributed by atoms with van der Waals surface area (Å²) in [6, 6.07) is 8.53. The number of hydrogen-bond acceptors (Lipinski definition) is 5. The number of anilines is 1. The van der Waals surface area contributed by atoms with E-state index in [-0.39, 0.29) is 0 Å². The third-order valence-corrected chi connectivity index (χ3v) is 5.37. The van der Waals surface area contributed by atoms with Gasteiger partial charge in [-0.25, -0.2) is 0 Å². The van der Waals surface area contributed by atoms with Crippen LogP contribution in [0.3, 0.4) is 0 Å². The number of likely N-dealkylation sites (tertiary alicyclic amines) is 1. The van der Waals surface area contributed by atoms with Gasteiger partial charge in [0.05, 0.1) is 5.69 Å². The molecule has 0 radical (unpaired) electrons. The molecular formula is C20H27N5. The molecule has 5 nitrogen and oxygen atoms in total. The normalized spacial score (nSPS) is 21.6. The van der Waals surface area contributed by atoms with E-state index in [2.05, 4.69) is 43.2 Å². The van der Waals surface area contributed by atoms with Crippen molar-refractivity contribution in [2.45, 2.75) is 38.6 Å². The van der Waals surface area contributed by atoms with Crippen molar-refractivity contribution >= 4 is 5.82 Å². The Kier molecular flexibility index (Phi) is 5.21. The second-order valence-corrected chi connectivity index (χ2v) is 7.39. The van der Waals surface area contributed by atoms with Crippen LogP contribution in [0.25, 0.3) is 0 Å². The molecule has 2 fully saturated rings. The molecule has 25 heavy (non-hydrogen) atoms. The van der Waals surface area contributed by atoms with Crippen molar-refractivity contribution in [2.75, 3.05) is 31.1 Å². The van der Waals surface area contributed by atoms with Gasteiger partial charge in [0.15, 0.2) is 5.82 Å². The molecule has 0 amide bonds. The average molecular weight is 337 g/mol. The van der Waals surface area contributed by atoms with Gasteiger partial charge in [0, 0.05) is 38.6 Å². The lowest BCUT2D eigenvalue weighted by Crippen LogP contribution is -2.35. The molecule has 2 aromatic heterocycles. The highest BCUT2D eigenvalue weighted by atomic mass is 15.3. The van der Waals surface area contributed by atoms with Crippen molar-refractivity contribution in [3.05, 3.63) is 47.9 Å². The Balaban J connectivity index is 1.32. The minimum atomic E-state index is 0.678. The van der Waals surface area contributed by atoms with Crippen molar-refractivity contribution in [3.63, 3.8) is 0 Å². The van der Waals surface area contributed by atoms with E-state index >= 15 is 0 Å². The van der Waals surface area contributed by atoms with E-state index in [0.29, 0.717) is 5.92 Å². The summed E-state index contributed by atoms with van der Waals surface area (Å²) in [7, 11) is 0. The predicted molar refractivity (Wildman–Crippen MR) is 99.4 cm³/mol. The van der Waals surface area contributed by atoms with Crippen LogP contribution in [0.5, 0.6) is 0 Å². The van der Waals surface area contributed by atoms with Crippen LogP contribution in [0.1, 0.15) is 36.9 Å². The molecule has 2 saturated heterocycles. The van der Waals surface area contributed by atoms with Gasteiger partial charge in [0.25, 0.3) is 0 Å². The van der Waals surface area contributed by atoms with Gasteiger partial charge in [-0.3, -0.25) is 9.88 Å². The Morgan fingerprint density at radius 2 is 1.92 bits per heavy atom. The third-order valence-electron chi connectivity index (χ3n) is 5.37. The predicted octanol–water partition coefficient (Wildman–Crippen LogP) is 2.93. The van der Waals surface area contributed by atoms with Crippen LogP contribution in [0.4, 0.5) is 5.82 Å². The lowest BCUT2D eigenvalue weighted by atomic mass is 9.93. The van der Waals surface area contributed by atoms with Gasteiger partial charge in [0.2, 0.25) is 0 Å². The van der Waals surface area contributed by atoms with E-state index in [1.54, 1.807) is 0 Å². The van der Waals surface area contributed by atoms with Gasteiger partial charge in [-0.1, -0.05) is 6.07 Å². The lowest BCUT2D eigenvalue weighted by molar-refractivity contribution is 0.166. The summed E-state index contributed by atoms with van der Waals surface area (Å²) in [6.45, 7) is 5.58. The first-order chi connectivity index (χ1) is 12.4. The molecule has 2 aliphatic rings. The van der Waals surface area contributed by atoms with Gasteiger partial charge in [-0.2, -0.15) is 5.10 Å². The van der Waals surface area contributed by atoms with E-state index in [1.807, 2.05) is 18.5 Å². The SMILES string of the molecule is c1cncc(CN2CCCC(Cc3ccc(N4CCCC4)nn3)C2)c1. The number of piperidine rings is 1. The fourth-order valence-corrected chi connectivity index (χ4v) is 4.08. The first-order valence-electron chi connectivity index (χ1n) is 9.55. The Hall–Kier alpha value is -2.01. The van der Waals surface area contributed by atoms with Gasteiger partial charge in [-0.05, 0) is 68.3 Å². The largest absolute Gasteiger partial charge is 0.355 e. The summed E-state index contributed by atoms with van der Waals surface area (Å²) >= 11 is 0. The second kappa shape index (κ2) is 7.91. The molecule has 0 spiro atoms. The number of pyridine rings is 1. The Morgan fingerprint density at radius 3 is 2.68 bits per heavy atom. The van der Waals surface area contributed by atoms with Gasteiger partial charge in [0.1, 0.15) is 0 Å². The molecular weight excluding hydrogens is 310 g/mol. The molecule has 1 unspecified atom stereocenters. The first kappa shape index (κ1) is 16.5. The molecule has 2 aromatic rings. The molecule has 0 bridgehead atoms. The number of aromatic nitrogens is 3.